The highest BCUT2D eigenvalue weighted by Crippen LogP contribution is 2.31. The van der Waals surface area contributed by atoms with Crippen LogP contribution < -0.4 is 4.31 Å². The van der Waals surface area contributed by atoms with E-state index in [1.54, 1.807) is 19.1 Å². The maximum Gasteiger partial charge on any atom is 0.359 e. The van der Waals surface area contributed by atoms with Crippen molar-refractivity contribution in [2.24, 2.45) is 0 Å². The van der Waals surface area contributed by atoms with Crippen molar-refractivity contribution in [1.82, 2.24) is 4.98 Å². The van der Waals surface area contributed by atoms with Crippen molar-refractivity contribution in [2.75, 3.05) is 23.2 Å². The lowest BCUT2D eigenvalue weighted by Crippen LogP contribution is -2.30. The molecule has 28 heavy (non-hydrogen) atoms. The lowest BCUT2D eigenvalue weighted by atomic mass is 10.1. The van der Waals surface area contributed by atoms with Crippen LogP contribution in [0, 0.1) is 0 Å². The quantitative estimate of drug-likeness (QED) is 0.387. The third-order valence-corrected chi connectivity index (χ3v) is 6.59. The lowest BCUT2D eigenvalue weighted by Gasteiger charge is -2.18. The molecule has 7 nitrogen and oxygen atoms in total. The van der Waals surface area contributed by atoms with Crippen LogP contribution in [0.4, 0.5) is 5.69 Å². The Hall–Kier alpha value is -2.16. The van der Waals surface area contributed by atoms with E-state index >= 15 is 0 Å². The fourth-order valence-electron chi connectivity index (χ4n) is 2.83. The Morgan fingerprint density at radius 3 is 2.68 bits per heavy atom. The van der Waals surface area contributed by atoms with Crippen molar-refractivity contribution in [1.29, 1.82) is 0 Å². The number of carbonyl (C=O) groups excluding carboxylic acids is 2. The van der Waals surface area contributed by atoms with Gasteiger partial charge in [-0.3, -0.25) is 9.10 Å². The van der Waals surface area contributed by atoms with Crippen molar-refractivity contribution in [3.63, 3.8) is 0 Å². The van der Waals surface area contributed by atoms with Gasteiger partial charge in [0, 0.05) is 12.1 Å². The van der Waals surface area contributed by atoms with Crippen molar-refractivity contribution in [3.8, 4) is 0 Å². The van der Waals surface area contributed by atoms with Gasteiger partial charge >= 0.3 is 5.97 Å². The Morgan fingerprint density at radius 2 is 1.96 bits per heavy atom. The molecular formula is C18H16Cl2N2O5S. The number of sulfonamides is 1. The third-order valence-electron chi connectivity index (χ3n) is 4.29. The summed E-state index contributed by atoms with van der Waals surface area (Å²) in [7, 11) is -3.36. The molecule has 0 saturated heterocycles. The second-order valence-electron chi connectivity index (χ2n) is 6.03. The fourth-order valence-corrected chi connectivity index (χ4v) is 4.32. The van der Waals surface area contributed by atoms with Gasteiger partial charge in [-0.05, 0) is 49.2 Å². The van der Waals surface area contributed by atoms with Crippen molar-refractivity contribution in [3.05, 3.63) is 57.3 Å². The van der Waals surface area contributed by atoms with Gasteiger partial charge in [-0.1, -0.05) is 23.2 Å². The molecule has 1 aliphatic heterocycles. The van der Waals surface area contributed by atoms with Crippen LogP contribution in [-0.4, -0.2) is 44.1 Å². The largest absolute Gasteiger partial charge is 0.453 e. The molecule has 148 valence electrons. The Balaban J connectivity index is 1.71. The van der Waals surface area contributed by atoms with Gasteiger partial charge < -0.3 is 4.74 Å². The number of nitrogens with zero attached hydrogens (tertiary/aromatic N) is 2. The fraction of sp³-hybridized carbons (Fsp3) is 0.278. The van der Waals surface area contributed by atoms with Gasteiger partial charge in [-0.15, -0.1) is 0 Å². The molecule has 0 aliphatic carbocycles. The predicted molar refractivity (Wildman–Crippen MR) is 106 cm³/mol. The van der Waals surface area contributed by atoms with Gasteiger partial charge in [0.15, 0.2) is 18.1 Å². The van der Waals surface area contributed by atoms with Gasteiger partial charge in [0.25, 0.3) is 0 Å². The molecule has 1 aromatic carbocycles. The molecule has 3 rings (SSSR count). The smallest absolute Gasteiger partial charge is 0.359 e. The zero-order valence-electron chi connectivity index (χ0n) is 14.8. The van der Waals surface area contributed by atoms with E-state index in [1.165, 1.54) is 22.5 Å². The number of carbonyl (C=O) groups is 2. The van der Waals surface area contributed by atoms with Crippen LogP contribution in [-0.2, 0) is 21.2 Å². The average Bonchev–Trinajstić information content (AvgIpc) is 3.11. The highest BCUT2D eigenvalue weighted by atomic mass is 35.5. The minimum Gasteiger partial charge on any atom is -0.453 e. The summed E-state index contributed by atoms with van der Waals surface area (Å²) >= 11 is 11.6. The lowest BCUT2D eigenvalue weighted by molar-refractivity contribution is 0.0469. The number of ketones is 1. The number of ether oxygens (including phenoxy) is 1. The molecule has 0 saturated carbocycles. The van der Waals surface area contributed by atoms with E-state index in [2.05, 4.69) is 4.98 Å². The Morgan fingerprint density at radius 1 is 1.21 bits per heavy atom. The number of fused-ring (bicyclic) bond motifs is 1. The van der Waals surface area contributed by atoms with E-state index in [4.69, 9.17) is 27.9 Å². The second-order valence-corrected chi connectivity index (χ2v) is 9.01. The SMILES string of the molecule is CCS(=O)(=O)N1CCc2cc(C(=O)COC(=O)c3nc(Cl)ccc3Cl)ccc21. The van der Waals surface area contributed by atoms with Crippen molar-refractivity contribution >= 4 is 50.7 Å². The molecule has 0 bridgehead atoms. The minimum absolute atomic E-state index is 0.00315. The van der Waals surface area contributed by atoms with Crippen LogP contribution in [0.2, 0.25) is 10.2 Å². The van der Waals surface area contributed by atoms with Crippen LogP contribution in [0.3, 0.4) is 0 Å². The van der Waals surface area contributed by atoms with E-state index in [-0.39, 0.29) is 21.6 Å². The van der Waals surface area contributed by atoms with Crippen LogP contribution in [0.1, 0.15) is 33.3 Å². The molecule has 10 heteroatoms. The molecule has 1 aromatic heterocycles. The van der Waals surface area contributed by atoms with E-state index in [0.29, 0.717) is 24.2 Å². The number of halogens is 2. The monoisotopic (exact) mass is 442 g/mol. The van der Waals surface area contributed by atoms with Crippen molar-refractivity contribution in [2.45, 2.75) is 13.3 Å². The summed E-state index contributed by atoms with van der Waals surface area (Å²) in [4.78, 5) is 28.2. The molecule has 0 atom stereocenters. The first-order valence-corrected chi connectivity index (χ1v) is 10.7. The summed E-state index contributed by atoms with van der Waals surface area (Å²) in [5.41, 5.74) is 1.49. The van der Waals surface area contributed by atoms with Crippen molar-refractivity contribution < 1.29 is 22.7 Å². The minimum atomic E-state index is -3.36. The summed E-state index contributed by atoms with van der Waals surface area (Å²) in [6.07, 6.45) is 0.511. The summed E-state index contributed by atoms with van der Waals surface area (Å²) in [5, 5.41) is 0.143. The highest BCUT2D eigenvalue weighted by Gasteiger charge is 2.28. The van der Waals surface area contributed by atoms with Gasteiger partial charge in [-0.25, -0.2) is 18.2 Å². The molecule has 0 fully saturated rings. The predicted octanol–water partition coefficient (Wildman–Crippen LogP) is 3.14. The number of rotatable bonds is 6. The molecule has 0 N–H and O–H groups in total. The molecule has 0 unspecified atom stereocenters. The maximum atomic E-state index is 12.4. The van der Waals surface area contributed by atoms with E-state index < -0.39 is 28.4 Å². The first kappa shape index (κ1) is 20.6. The number of benzene rings is 1. The third kappa shape index (κ3) is 4.14. The molecule has 2 aromatic rings. The summed E-state index contributed by atoms with van der Waals surface area (Å²) < 4.78 is 30.6. The number of anilines is 1. The zero-order valence-corrected chi connectivity index (χ0v) is 17.1. The maximum absolute atomic E-state index is 12.4. The number of hydrogen-bond donors (Lipinski definition) is 0. The van der Waals surface area contributed by atoms with E-state index in [1.807, 2.05) is 0 Å². The number of aromatic nitrogens is 1. The van der Waals surface area contributed by atoms with Gasteiger partial charge in [0.2, 0.25) is 10.0 Å². The molecule has 2 heterocycles. The van der Waals surface area contributed by atoms with Crippen LogP contribution in [0.5, 0.6) is 0 Å². The number of hydrogen-bond acceptors (Lipinski definition) is 6. The molecular weight excluding hydrogens is 427 g/mol. The standard InChI is InChI=1S/C18H16Cl2N2O5S/c1-2-28(25,26)22-8-7-11-9-12(3-5-14(11)22)15(23)10-27-18(24)17-13(19)4-6-16(20)21-17/h3-6,9H,2,7-8,10H2,1H3. The first-order valence-electron chi connectivity index (χ1n) is 8.38. The number of Topliss-reactive ketones (excluding diaryl/α,β-unsaturated/α-hetero) is 1. The van der Waals surface area contributed by atoms with Crippen LogP contribution in [0.25, 0.3) is 0 Å². The summed E-state index contributed by atoms with van der Waals surface area (Å²) in [5.74, 6) is -1.28. The number of esters is 1. The highest BCUT2D eigenvalue weighted by molar-refractivity contribution is 7.92. The average molecular weight is 443 g/mol. The molecule has 0 radical (unpaired) electrons. The Kier molecular flexibility index (Phi) is 5.92. The van der Waals surface area contributed by atoms with Crippen LogP contribution >= 0.6 is 23.2 Å². The summed E-state index contributed by atoms with van der Waals surface area (Å²) in [6, 6.07) is 7.58. The topological polar surface area (TPSA) is 93.6 Å². The summed E-state index contributed by atoms with van der Waals surface area (Å²) in [6.45, 7) is 1.43. The van der Waals surface area contributed by atoms with E-state index in [9.17, 15) is 18.0 Å². The normalized spacial score (nSPS) is 13.3. The van der Waals surface area contributed by atoms with Gasteiger partial charge in [-0.2, -0.15) is 0 Å². The zero-order chi connectivity index (χ0) is 20.5. The second kappa shape index (κ2) is 8.06. The Bertz CT molecular complexity index is 1060. The van der Waals surface area contributed by atoms with Gasteiger partial charge in [0.05, 0.1) is 16.5 Å². The van der Waals surface area contributed by atoms with E-state index in [0.717, 1.165) is 5.56 Å². The molecule has 0 amide bonds. The number of pyridine rings is 1. The first-order chi connectivity index (χ1) is 13.2. The van der Waals surface area contributed by atoms with Gasteiger partial charge in [0.1, 0.15) is 5.15 Å². The Labute approximate surface area is 172 Å². The molecule has 0 spiro atoms. The van der Waals surface area contributed by atoms with Crippen LogP contribution in [0.15, 0.2) is 30.3 Å². The molecule has 1 aliphatic rings.